The van der Waals surface area contributed by atoms with Crippen molar-refractivity contribution in [2.75, 3.05) is 11.9 Å². The summed E-state index contributed by atoms with van der Waals surface area (Å²) in [7, 11) is 0. The Morgan fingerprint density at radius 2 is 2.30 bits per heavy atom. The molecule has 0 aliphatic carbocycles. The largest absolute Gasteiger partial charge is 0.384 e. The van der Waals surface area contributed by atoms with E-state index in [9.17, 15) is 9.59 Å². The van der Waals surface area contributed by atoms with Crippen LogP contribution in [0.3, 0.4) is 0 Å². The van der Waals surface area contributed by atoms with E-state index in [1.54, 1.807) is 12.1 Å². The molecule has 100 valence electrons. The van der Waals surface area contributed by atoms with Crippen LogP contribution in [0.2, 0.25) is 0 Å². The van der Waals surface area contributed by atoms with Gasteiger partial charge in [-0.1, -0.05) is 11.8 Å². The highest BCUT2D eigenvalue weighted by molar-refractivity contribution is 6.02. The number of carbonyl (C=O) groups is 1. The molecule has 2 rings (SSSR count). The molecule has 2 aromatic rings. The summed E-state index contributed by atoms with van der Waals surface area (Å²) in [6.07, 6.45) is 3.72. The van der Waals surface area contributed by atoms with Crippen molar-refractivity contribution in [2.24, 2.45) is 0 Å². The Balaban J connectivity index is 2.15. The van der Waals surface area contributed by atoms with Gasteiger partial charge in [0.25, 0.3) is 11.5 Å². The van der Waals surface area contributed by atoms with Gasteiger partial charge in [-0.3, -0.25) is 9.59 Å². The first kappa shape index (κ1) is 13.5. The molecule has 0 spiro atoms. The van der Waals surface area contributed by atoms with Crippen molar-refractivity contribution in [3.8, 4) is 11.8 Å². The summed E-state index contributed by atoms with van der Waals surface area (Å²) in [6, 6.07) is 3.21. The third-order valence-electron chi connectivity index (χ3n) is 2.22. The first-order valence-electron chi connectivity index (χ1n) is 5.61. The number of anilines is 1. The molecule has 20 heavy (non-hydrogen) atoms. The number of aliphatic hydroxyl groups excluding tert-OH is 1. The molecule has 0 radical (unpaired) electrons. The van der Waals surface area contributed by atoms with Crippen LogP contribution in [0, 0.1) is 11.8 Å². The van der Waals surface area contributed by atoms with Crippen LogP contribution in [-0.2, 0) is 0 Å². The van der Waals surface area contributed by atoms with Crippen molar-refractivity contribution in [3.05, 3.63) is 52.3 Å². The number of H-pyrrole nitrogens is 1. The average molecular weight is 270 g/mol. The Hall–Kier alpha value is -2.98. The van der Waals surface area contributed by atoms with E-state index in [1.165, 1.54) is 12.4 Å². The summed E-state index contributed by atoms with van der Waals surface area (Å²) in [5.41, 5.74) is 0.290. The number of pyridine rings is 1. The van der Waals surface area contributed by atoms with Gasteiger partial charge in [0.05, 0.1) is 6.20 Å². The maximum Gasteiger partial charge on any atom is 0.276 e. The lowest BCUT2D eigenvalue weighted by molar-refractivity contribution is 0.102. The highest BCUT2D eigenvalue weighted by Crippen LogP contribution is 2.06. The third-order valence-corrected chi connectivity index (χ3v) is 2.22. The van der Waals surface area contributed by atoms with Crippen LogP contribution < -0.4 is 10.9 Å². The number of aliphatic hydroxyl groups is 1. The third kappa shape index (κ3) is 3.51. The van der Waals surface area contributed by atoms with E-state index in [1.807, 2.05) is 0 Å². The van der Waals surface area contributed by atoms with Crippen molar-refractivity contribution in [1.82, 2.24) is 15.0 Å². The summed E-state index contributed by atoms with van der Waals surface area (Å²) < 4.78 is 0. The van der Waals surface area contributed by atoms with Crippen LogP contribution in [0.25, 0.3) is 0 Å². The highest BCUT2D eigenvalue weighted by Gasteiger charge is 2.08. The molecule has 2 heterocycles. The molecule has 0 saturated heterocycles. The first-order chi connectivity index (χ1) is 9.69. The number of nitrogens with one attached hydrogen (secondary N) is 2. The van der Waals surface area contributed by atoms with Crippen molar-refractivity contribution in [3.63, 3.8) is 0 Å². The van der Waals surface area contributed by atoms with Crippen LogP contribution in [0.1, 0.15) is 16.1 Å². The number of aromatic nitrogens is 3. The Morgan fingerprint density at radius 3 is 3.00 bits per heavy atom. The molecule has 0 bridgehead atoms. The number of amides is 1. The van der Waals surface area contributed by atoms with Gasteiger partial charge < -0.3 is 15.4 Å². The fraction of sp³-hybridized carbons (Fsp3) is 0.0769. The van der Waals surface area contributed by atoms with E-state index < -0.39 is 5.91 Å². The molecule has 1 amide bonds. The fourth-order valence-corrected chi connectivity index (χ4v) is 1.36. The lowest BCUT2D eigenvalue weighted by Crippen LogP contribution is -2.17. The Kier molecular flexibility index (Phi) is 4.21. The standard InChI is InChI=1S/C13H10N4O3/c18-5-1-2-9-3-4-14-11(6-9)17-13(20)10-7-16-12(19)8-15-10/h3-4,6-8,18H,5H2,(H,16,19)(H,14,17,20). The van der Waals surface area contributed by atoms with Crippen molar-refractivity contribution in [2.45, 2.75) is 0 Å². The van der Waals surface area contributed by atoms with Crippen LogP contribution in [0.4, 0.5) is 5.82 Å². The summed E-state index contributed by atoms with van der Waals surface area (Å²) in [6.45, 7) is -0.245. The van der Waals surface area contributed by atoms with Gasteiger partial charge in [-0.05, 0) is 12.1 Å². The zero-order valence-electron chi connectivity index (χ0n) is 10.3. The van der Waals surface area contributed by atoms with Gasteiger partial charge in [-0.15, -0.1) is 0 Å². The van der Waals surface area contributed by atoms with Crippen LogP contribution in [0.5, 0.6) is 0 Å². The Labute approximate surface area is 113 Å². The van der Waals surface area contributed by atoms with Crippen molar-refractivity contribution in [1.29, 1.82) is 0 Å². The number of rotatable bonds is 2. The normalized spacial score (nSPS) is 9.45. The van der Waals surface area contributed by atoms with E-state index in [2.05, 4.69) is 32.1 Å². The molecule has 3 N–H and O–H groups in total. The van der Waals surface area contributed by atoms with Gasteiger partial charge in [-0.2, -0.15) is 0 Å². The molecule has 7 nitrogen and oxygen atoms in total. The number of hydrogen-bond acceptors (Lipinski definition) is 5. The molecule has 0 saturated carbocycles. The summed E-state index contributed by atoms with van der Waals surface area (Å²) in [5, 5.41) is 11.1. The van der Waals surface area contributed by atoms with E-state index in [-0.39, 0.29) is 17.9 Å². The van der Waals surface area contributed by atoms with Gasteiger partial charge >= 0.3 is 0 Å². The minimum absolute atomic E-state index is 0.0678. The second-order valence-corrected chi connectivity index (χ2v) is 3.64. The van der Waals surface area contributed by atoms with Gasteiger partial charge in [0.1, 0.15) is 18.1 Å². The van der Waals surface area contributed by atoms with Gasteiger partial charge in [0.15, 0.2) is 0 Å². The molecule has 0 aromatic carbocycles. The number of hydrogen-bond donors (Lipinski definition) is 3. The molecule has 0 fully saturated rings. The van der Waals surface area contributed by atoms with E-state index in [0.29, 0.717) is 11.4 Å². The number of aromatic amines is 1. The minimum atomic E-state index is -0.499. The highest BCUT2D eigenvalue weighted by atomic mass is 16.2. The van der Waals surface area contributed by atoms with Crippen LogP contribution in [0.15, 0.2) is 35.5 Å². The zero-order chi connectivity index (χ0) is 14.4. The quantitative estimate of drug-likeness (QED) is 0.653. The van der Waals surface area contributed by atoms with Crippen molar-refractivity contribution < 1.29 is 9.90 Å². The Bertz CT molecular complexity index is 723. The maximum absolute atomic E-state index is 11.8. The molecular formula is C13H10N4O3. The topological polar surface area (TPSA) is 108 Å². The second kappa shape index (κ2) is 6.26. The molecule has 0 unspecified atom stereocenters. The lowest BCUT2D eigenvalue weighted by atomic mass is 10.2. The predicted molar refractivity (Wildman–Crippen MR) is 71.0 cm³/mol. The molecule has 0 aliphatic rings. The summed E-state index contributed by atoms with van der Waals surface area (Å²) in [5.74, 6) is 5.00. The number of carbonyl (C=O) groups excluding carboxylic acids is 1. The van der Waals surface area contributed by atoms with E-state index >= 15 is 0 Å². The van der Waals surface area contributed by atoms with Crippen LogP contribution in [-0.4, -0.2) is 32.6 Å². The molecule has 0 atom stereocenters. The summed E-state index contributed by atoms with van der Waals surface area (Å²) >= 11 is 0. The second-order valence-electron chi connectivity index (χ2n) is 3.64. The molecule has 2 aromatic heterocycles. The van der Waals surface area contributed by atoms with Crippen molar-refractivity contribution >= 4 is 11.7 Å². The SMILES string of the molecule is O=C(Nc1cc(C#CCO)ccn1)c1c[nH]c(=O)cn1. The average Bonchev–Trinajstić information content (AvgIpc) is 2.46. The fourth-order valence-electron chi connectivity index (χ4n) is 1.36. The molecule has 7 heteroatoms. The maximum atomic E-state index is 11.8. The minimum Gasteiger partial charge on any atom is -0.384 e. The summed E-state index contributed by atoms with van der Waals surface area (Å²) in [4.78, 5) is 32.7. The van der Waals surface area contributed by atoms with Gasteiger partial charge in [0.2, 0.25) is 0 Å². The van der Waals surface area contributed by atoms with Gasteiger partial charge in [-0.25, -0.2) is 9.97 Å². The predicted octanol–water partition coefficient (Wildman–Crippen LogP) is -0.239. The molecular weight excluding hydrogens is 260 g/mol. The smallest absolute Gasteiger partial charge is 0.276 e. The monoisotopic (exact) mass is 270 g/mol. The zero-order valence-corrected chi connectivity index (χ0v) is 10.3. The van der Waals surface area contributed by atoms with Gasteiger partial charge in [0, 0.05) is 18.0 Å². The molecule has 0 aliphatic heterocycles. The van der Waals surface area contributed by atoms with Crippen LogP contribution >= 0.6 is 0 Å². The van der Waals surface area contributed by atoms with E-state index in [4.69, 9.17) is 5.11 Å². The lowest BCUT2D eigenvalue weighted by Gasteiger charge is -2.03. The Morgan fingerprint density at radius 1 is 1.45 bits per heavy atom. The van der Waals surface area contributed by atoms with E-state index in [0.717, 1.165) is 6.20 Å². The number of nitrogens with zero attached hydrogens (tertiary/aromatic N) is 2. The first-order valence-corrected chi connectivity index (χ1v) is 5.61.